The number of hydrogen-bond acceptors (Lipinski definition) is 7. The van der Waals surface area contributed by atoms with Gasteiger partial charge in [0.2, 0.25) is 5.91 Å². The number of aromatic nitrogens is 1. The SMILES string of the molecule is Cc1cc(/C=C2\SC(=O)N(CC(=O)N3CCOCC3)C2=O)c(C)n1-c1ccc(N2CCOCC2)c(Br)c1. The van der Waals surface area contributed by atoms with Gasteiger partial charge in [-0.25, -0.2) is 0 Å². The smallest absolute Gasteiger partial charge is 0.294 e. The molecule has 3 aliphatic rings. The number of halogens is 1. The van der Waals surface area contributed by atoms with E-state index in [1.807, 2.05) is 19.9 Å². The lowest BCUT2D eigenvalue weighted by Gasteiger charge is -2.30. The third-order valence-corrected chi connectivity index (χ3v) is 8.37. The van der Waals surface area contributed by atoms with Gasteiger partial charge in [-0.05, 0) is 77.4 Å². The van der Waals surface area contributed by atoms with Crippen LogP contribution in [0.15, 0.2) is 33.6 Å². The van der Waals surface area contributed by atoms with E-state index in [4.69, 9.17) is 9.47 Å². The lowest BCUT2D eigenvalue weighted by molar-refractivity contribution is -0.139. The summed E-state index contributed by atoms with van der Waals surface area (Å²) >= 11 is 4.62. The van der Waals surface area contributed by atoms with E-state index in [1.54, 1.807) is 11.0 Å². The third kappa shape index (κ3) is 5.36. The van der Waals surface area contributed by atoms with Gasteiger partial charge in [0.15, 0.2) is 0 Å². The van der Waals surface area contributed by atoms with E-state index in [2.05, 4.69) is 43.6 Å². The number of thioether (sulfide) groups is 1. The number of anilines is 1. The summed E-state index contributed by atoms with van der Waals surface area (Å²) in [5.74, 6) is -0.671. The number of imide groups is 1. The van der Waals surface area contributed by atoms with Crippen LogP contribution in [0.2, 0.25) is 0 Å². The zero-order valence-corrected chi connectivity index (χ0v) is 23.3. The molecule has 3 amide bonds. The van der Waals surface area contributed by atoms with E-state index in [0.717, 1.165) is 75.8 Å². The number of morpholine rings is 2. The highest BCUT2D eigenvalue weighted by Gasteiger charge is 2.37. The summed E-state index contributed by atoms with van der Waals surface area (Å²) in [6.07, 6.45) is 1.75. The molecule has 4 heterocycles. The van der Waals surface area contributed by atoms with Crippen LogP contribution in [0.1, 0.15) is 17.0 Å². The number of carbonyl (C=O) groups is 3. The Balaban J connectivity index is 1.35. The first kappa shape index (κ1) is 26.0. The van der Waals surface area contributed by atoms with Crippen molar-refractivity contribution in [3.63, 3.8) is 0 Å². The highest BCUT2D eigenvalue weighted by atomic mass is 79.9. The lowest BCUT2D eigenvalue weighted by atomic mass is 10.2. The Morgan fingerprint density at radius 3 is 2.38 bits per heavy atom. The molecule has 1 aromatic heterocycles. The second kappa shape index (κ2) is 11.0. The fourth-order valence-corrected chi connectivity index (χ4v) is 6.30. The summed E-state index contributed by atoms with van der Waals surface area (Å²) in [6.45, 7) is 8.81. The molecule has 0 saturated carbocycles. The molecule has 0 N–H and O–H groups in total. The van der Waals surface area contributed by atoms with Crippen molar-refractivity contribution in [2.75, 3.05) is 64.1 Å². The molecule has 11 heteroatoms. The van der Waals surface area contributed by atoms with E-state index < -0.39 is 11.1 Å². The molecular weight excluding hydrogens is 560 g/mol. The van der Waals surface area contributed by atoms with Crippen molar-refractivity contribution in [2.45, 2.75) is 13.8 Å². The van der Waals surface area contributed by atoms with Crippen LogP contribution in [0, 0.1) is 13.8 Å². The highest BCUT2D eigenvalue weighted by Crippen LogP contribution is 2.35. The van der Waals surface area contributed by atoms with Crippen molar-refractivity contribution < 1.29 is 23.9 Å². The van der Waals surface area contributed by atoms with Crippen molar-refractivity contribution in [2.24, 2.45) is 0 Å². The number of benzene rings is 1. The molecule has 3 aliphatic heterocycles. The van der Waals surface area contributed by atoms with Gasteiger partial charge in [-0.1, -0.05) is 0 Å². The Kier molecular flexibility index (Phi) is 7.75. The van der Waals surface area contributed by atoms with Crippen LogP contribution in [0.3, 0.4) is 0 Å². The number of ether oxygens (including phenoxy) is 2. The number of amides is 3. The zero-order chi connectivity index (χ0) is 26.1. The summed E-state index contributed by atoms with van der Waals surface area (Å²) in [5.41, 5.74) is 4.96. The average Bonchev–Trinajstić information content (AvgIpc) is 3.33. The van der Waals surface area contributed by atoms with Gasteiger partial charge in [0.1, 0.15) is 6.54 Å². The number of rotatable bonds is 5. The van der Waals surface area contributed by atoms with Crippen LogP contribution >= 0.6 is 27.7 Å². The summed E-state index contributed by atoms with van der Waals surface area (Å²) < 4.78 is 13.9. The first-order chi connectivity index (χ1) is 17.8. The van der Waals surface area contributed by atoms with Crippen LogP contribution in [-0.4, -0.2) is 90.6 Å². The molecule has 5 rings (SSSR count). The highest BCUT2D eigenvalue weighted by molar-refractivity contribution is 9.10. The minimum Gasteiger partial charge on any atom is -0.378 e. The third-order valence-electron chi connectivity index (χ3n) is 6.83. The molecular formula is C26H29BrN4O5S. The Hall–Kier alpha value is -2.60. The normalized spacial score (nSPS) is 19.9. The van der Waals surface area contributed by atoms with Crippen molar-refractivity contribution >= 4 is 56.5 Å². The predicted molar refractivity (Wildman–Crippen MR) is 146 cm³/mol. The summed E-state index contributed by atoms with van der Waals surface area (Å²) in [7, 11) is 0. The summed E-state index contributed by atoms with van der Waals surface area (Å²) in [6, 6.07) is 8.30. The van der Waals surface area contributed by atoms with Gasteiger partial charge in [0.05, 0.1) is 37.0 Å². The van der Waals surface area contributed by atoms with E-state index in [-0.39, 0.29) is 12.5 Å². The quantitative estimate of drug-likeness (QED) is 0.493. The number of hydrogen-bond donors (Lipinski definition) is 0. The summed E-state index contributed by atoms with van der Waals surface area (Å²) in [5, 5.41) is -0.422. The van der Waals surface area contributed by atoms with Crippen LogP contribution in [0.25, 0.3) is 11.8 Å². The molecule has 3 saturated heterocycles. The molecule has 2 aromatic rings. The Bertz CT molecular complexity index is 1260. The molecule has 1 aromatic carbocycles. The van der Waals surface area contributed by atoms with Crippen molar-refractivity contribution in [1.29, 1.82) is 0 Å². The molecule has 0 radical (unpaired) electrons. The van der Waals surface area contributed by atoms with Crippen LogP contribution in [0.4, 0.5) is 10.5 Å². The zero-order valence-electron chi connectivity index (χ0n) is 20.9. The van der Waals surface area contributed by atoms with E-state index in [1.165, 1.54) is 0 Å². The van der Waals surface area contributed by atoms with E-state index >= 15 is 0 Å². The topological polar surface area (TPSA) is 84.3 Å². The molecule has 196 valence electrons. The number of nitrogens with zero attached hydrogens (tertiary/aromatic N) is 4. The Morgan fingerprint density at radius 2 is 1.70 bits per heavy atom. The first-order valence-electron chi connectivity index (χ1n) is 12.3. The monoisotopic (exact) mass is 588 g/mol. The number of aryl methyl sites for hydroxylation is 1. The Labute approximate surface area is 228 Å². The largest absolute Gasteiger partial charge is 0.378 e. The molecule has 0 spiro atoms. The van der Waals surface area contributed by atoms with Gasteiger partial charge in [0.25, 0.3) is 11.1 Å². The molecule has 0 aliphatic carbocycles. The van der Waals surface area contributed by atoms with E-state index in [9.17, 15) is 14.4 Å². The van der Waals surface area contributed by atoms with Crippen molar-refractivity contribution in [1.82, 2.24) is 14.4 Å². The molecule has 0 bridgehead atoms. The second-order valence-electron chi connectivity index (χ2n) is 9.16. The van der Waals surface area contributed by atoms with Crippen LogP contribution in [0.5, 0.6) is 0 Å². The fourth-order valence-electron chi connectivity index (χ4n) is 4.85. The maximum Gasteiger partial charge on any atom is 0.294 e. The van der Waals surface area contributed by atoms with Crippen LogP contribution in [-0.2, 0) is 19.1 Å². The predicted octanol–water partition coefficient (Wildman–Crippen LogP) is 3.59. The minimum absolute atomic E-state index is 0.240. The van der Waals surface area contributed by atoms with Gasteiger partial charge in [-0.2, -0.15) is 0 Å². The van der Waals surface area contributed by atoms with Gasteiger partial charge in [0, 0.05) is 47.7 Å². The molecule has 0 unspecified atom stereocenters. The van der Waals surface area contributed by atoms with Gasteiger partial charge >= 0.3 is 0 Å². The lowest BCUT2D eigenvalue weighted by Crippen LogP contribution is -2.46. The molecule has 3 fully saturated rings. The van der Waals surface area contributed by atoms with Gasteiger partial charge in [-0.3, -0.25) is 19.3 Å². The maximum absolute atomic E-state index is 13.0. The maximum atomic E-state index is 13.0. The average molecular weight is 590 g/mol. The molecule has 9 nitrogen and oxygen atoms in total. The molecule has 0 atom stereocenters. The Morgan fingerprint density at radius 1 is 1.03 bits per heavy atom. The van der Waals surface area contributed by atoms with Gasteiger partial charge in [-0.15, -0.1) is 0 Å². The standard InChI is InChI=1S/C26H29BrN4O5S/c1-17-13-19(14-23-25(33)30(26(34)37-23)16-24(32)29-7-11-36-12-8-29)18(2)31(17)20-3-4-22(21(27)15-20)28-5-9-35-10-6-28/h3-4,13-15H,5-12,16H2,1-2H3/b23-14-. The van der Waals surface area contributed by atoms with Crippen LogP contribution < -0.4 is 4.90 Å². The second-order valence-corrected chi connectivity index (χ2v) is 11.0. The van der Waals surface area contributed by atoms with Gasteiger partial charge < -0.3 is 23.8 Å². The molecule has 37 heavy (non-hydrogen) atoms. The van der Waals surface area contributed by atoms with Crippen molar-refractivity contribution in [3.05, 3.63) is 50.6 Å². The fraction of sp³-hybridized carbons (Fsp3) is 0.423. The summed E-state index contributed by atoms with van der Waals surface area (Å²) in [4.78, 5) is 43.5. The number of carbonyl (C=O) groups excluding carboxylic acids is 3. The van der Waals surface area contributed by atoms with Crippen molar-refractivity contribution in [3.8, 4) is 5.69 Å². The first-order valence-corrected chi connectivity index (χ1v) is 13.9. The van der Waals surface area contributed by atoms with E-state index in [0.29, 0.717) is 31.2 Å². The minimum atomic E-state index is -0.431.